The van der Waals surface area contributed by atoms with E-state index in [2.05, 4.69) is 0 Å². The highest BCUT2D eigenvalue weighted by atomic mass is 16.3. The zero-order chi connectivity index (χ0) is 14.8. The Morgan fingerprint density at radius 2 is 2.05 bits per heavy atom. The van der Waals surface area contributed by atoms with Crippen LogP contribution in [-0.2, 0) is 0 Å². The van der Waals surface area contributed by atoms with Gasteiger partial charge in [-0.05, 0) is 44.4 Å². The predicted octanol–water partition coefficient (Wildman–Crippen LogP) is 2.13. The molecule has 4 nitrogen and oxygen atoms in total. The number of hydrogen-bond acceptors (Lipinski definition) is 3. The molecule has 0 aromatic heterocycles. The maximum Gasteiger partial charge on any atom is 0.253 e. The fourth-order valence-corrected chi connectivity index (χ4v) is 2.57. The molecule has 1 unspecified atom stereocenters. The molecule has 1 aromatic rings. The Kier molecular flexibility index (Phi) is 4.33. The van der Waals surface area contributed by atoms with Crippen LogP contribution in [0.2, 0.25) is 0 Å². The predicted molar refractivity (Wildman–Crippen MR) is 81.1 cm³/mol. The lowest BCUT2D eigenvalue weighted by Gasteiger charge is -2.23. The summed E-state index contributed by atoms with van der Waals surface area (Å²) in [5.74, 6) is 0.0615. The molecule has 2 rings (SSSR count). The summed E-state index contributed by atoms with van der Waals surface area (Å²) in [6, 6.07) is 7.68. The van der Waals surface area contributed by atoms with Crippen molar-refractivity contribution in [3.05, 3.63) is 29.8 Å². The number of carbonyl (C=O) groups is 1. The van der Waals surface area contributed by atoms with Gasteiger partial charge in [-0.15, -0.1) is 0 Å². The lowest BCUT2D eigenvalue weighted by molar-refractivity contribution is 0.0438. The normalized spacial score (nSPS) is 23.3. The monoisotopic (exact) mass is 276 g/mol. The third-order valence-electron chi connectivity index (χ3n) is 3.96. The first-order chi connectivity index (χ1) is 9.39. The molecule has 110 valence electrons. The number of benzene rings is 1. The van der Waals surface area contributed by atoms with E-state index in [-0.39, 0.29) is 5.91 Å². The number of anilines is 1. The Bertz CT molecular complexity index is 483. The second-order valence-electron chi connectivity index (χ2n) is 6.09. The van der Waals surface area contributed by atoms with E-state index in [1.807, 2.05) is 55.1 Å². The first-order valence-electron chi connectivity index (χ1n) is 7.18. The molecular formula is C16H24N2O2. The van der Waals surface area contributed by atoms with Gasteiger partial charge in [-0.3, -0.25) is 4.79 Å². The average molecular weight is 276 g/mol. The molecule has 1 aliphatic heterocycles. The summed E-state index contributed by atoms with van der Waals surface area (Å²) in [6.45, 7) is 3.20. The topological polar surface area (TPSA) is 43.8 Å². The SMILES string of the molecule is CN(C)c1cccc(C(=O)N2CCCC(C)(O)CC2)c1. The van der Waals surface area contributed by atoms with Gasteiger partial charge in [0.25, 0.3) is 5.91 Å². The number of rotatable bonds is 2. The van der Waals surface area contributed by atoms with Crippen molar-refractivity contribution >= 4 is 11.6 Å². The molecule has 1 heterocycles. The van der Waals surface area contributed by atoms with Crippen molar-refractivity contribution in [1.29, 1.82) is 0 Å². The molecular weight excluding hydrogens is 252 g/mol. The van der Waals surface area contributed by atoms with Crippen molar-refractivity contribution < 1.29 is 9.90 Å². The van der Waals surface area contributed by atoms with Crippen molar-refractivity contribution in [2.45, 2.75) is 31.8 Å². The highest BCUT2D eigenvalue weighted by Crippen LogP contribution is 2.23. The van der Waals surface area contributed by atoms with E-state index in [1.165, 1.54) is 0 Å². The summed E-state index contributed by atoms with van der Waals surface area (Å²) in [5.41, 5.74) is 1.11. The van der Waals surface area contributed by atoms with Crippen molar-refractivity contribution in [3.8, 4) is 0 Å². The molecule has 1 saturated heterocycles. The molecule has 0 bridgehead atoms. The summed E-state index contributed by atoms with van der Waals surface area (Å²) < 4.78 is 0. The number of aliphatic hydroxyl groups is 1. The average Bonchev–Trinajstić information content (AvgIpc) is 2.59. The van der Waals surface area contributed by atoms with Crippen LogP contribution in [0.1, 0.15) is 36.5 Å². The van der Waals surface area contributed by atoms with Gasteiger partial charge in [0.05, 0.1) is 5.60 Å². The zero-order valence-corrected chi connectivity index (χ0v) is 12.6. The summed E-state index contributed by atoms with van der Waals surface area (Å²) in [7, 11) is 3.93. The van der Waals surface area contributed by atoms with Gasteiger partial charge in [0, 0.05) is 38.4 Å². The van der Waals surface area contributed by atoms with Crippen LogP contribution in [0, 0.1) is 0 Å². The lowest BCUT2D eigenvalue weighted by atomic mass is 9.98. The number of likely N-dealkylation sites (tertiary alicyclic amines) is 1. The number of hydrogen-bond donors (Lipinski definition) is 1. The van der Waals surface area contributed by atoms with E-state index in [1.54, 1.807) is 0 Å². The molecule has 0 saturated carbocycles. The molecule has 0 aliphatic carbocycles. The van der Waals surface area contributed by atoms with E-state index in [0.29, 0.717) is 13.0 Å². The molecule has 1 atom stereocenters. The first kappa shape index (κ1) is 14.9. The highest BCUT2D eigenvalue weighted by Gasteiger charge is 2.27. The van der Waals surface area contributed by atoms with Gasteiger partial charge in [0.15, 0.2) is 0 Å². The Balaban J connectivity index is 2.13. The molecule has 20 heavy (non-hydrogen) atoms. The second-order valence-corrected chi connectivity index (χ2v) is 6.09. The van der Waals surface area contributed by atoms with Crippen LogP contribution >= 0.6 is 0 Å². The third-order valence-corrected chi connectivity index (χ3v) is 3.96. The minimum Gasteiger partial charge on any atom is -0.390 e. The quantitative estimate of drug-likeness (QED) is 0.900. The van der Waals surface area contributed by atoms with Crippen LogP contribution in [0.4, 0.5) is 5.69 Å². The molecule has 1 amide bonds. The van der Waals surface area contributed by atoms with Crippen molar-refractivity contribution in [2.24, 2.45) is 0 Å². The largest absolute Gasteiger partial charge is 0.390 e. The molecule has 4 heteroatoms. The zero-order valence-electron chi connectivity index (χ0n) is 12.6. The molecule has 0 radical (unpaired) electrons. The Labute approximate surface area is 121 Å². The first-order valence-corrected chi connectivity index (χ1v) is 7.18. The molecule has 1 N–H and O–H groups in total. The molecule has 1 aliphatic rings. The van der Waals surface area contributed by atoms with E-state index in [4.69, 9.17) is 0 Å². The Morgan fingerprint density at radius 3 is 2.75 bits per heavy atom. The Morgan fingerprint density at radius 1 is 1.30 bits per heavy atom. The number of nitrogens with zero attached hydrogens (tertiary/aromatic N) is 2. The molecule has 0 spiro atoms. The van der Waals surface area contributed by atoms with Gasteiger partial charge in [-0.1, -0.05) is 6.07 Å². The van der Waals surface area contributed by atoms with Gasteiger partial charge in [-0.25, -0.2) is 0 Å². The van der Waals surface area contributed by atoms with E-state index in [9.17, 15) is 9.90 Å². The van der Waals surface area contributed by atoms with E-state index >= 15 is 0 Å². The van der Waals surface area contributed by atoms with Crippen molar-refractivity contribution in [1.82, 2.24) is 4.90 Å². The van der Waals surface area contributed by atoms with Crippen molar-refractivity contribution in [2.75, 3.05) is 32.1 Å². The van der Waals surface area contributed by atoms with Crippen LogP contribution in [0.3, 0.4) is 0 Å². The second kappa shape index (κ2) is 5.83. The van der Waals surface area contributed by atoms with Gasteiger partial charge < -0.3 is 14.9 Å². The number of carbonyl (C=O) groups excluding carboxylic acids is 1. The van der Waals surface area contributed by atoms with Crippen LogP contribution in [0.15, 0.2) is 24.3 Å². The minimum absolute atomic E-state index is 0.0615. The van der Waals surface area contributed by atoms with Gasteiger partial charge in [-0.2, -0.15) is 0 Å². The van der Waals surface area contributed by atoms with Crippen LogP contribution in [0.25, 0.3) is 0 Å². The smallest absolute Gasteiger partial charge is 0.253 e. The summed E-state index contributed by atoms with van der Waals surface area (Å²) in [5, 5.41) is 10.1. The summed E-state index contributed by atoms with van der Waals surface area (Å²) >= 11 is 0. The molecule has 1 fully saturated rings. The highest BCUT2D eigenvalue weighted by molar-refractivity contribution is 5.95. The lowest BCUT2D eigenvalue weighted by Crippen LogP contribution is -2.33. The van der Waals surface area contributed by atoms with Crippen LogP contribution < -0.4 is 4.90 Å². The van der Waals surface area contributed by atoms with E-state index < -0.39 is 5.60 Å². The maximum atomic E-state index is 12.6. The Hall–Kier alpha value is -1.55. The molecule has 1 aromatic carbocycles. The fourth-order valence-electron chi connectivity index (χ4n) is 2.57. The fraction of sp³-hybridized carbons (Fsp3) is 0.562. The number of amides is 1. The van der Waals surface area contributed by atoms with Crippen LogP contribution in [-0.4, -0.2) is 48.7 Å². The standard InChI is InChI=1S/C16H24N2O2/c1-16(20)8-5-10-18(11-9-16)15(19)13-6-4-7-14(12-13)17(2)3/h4,6-7,12,20H,5,8-11H2,1-3H3. The van der Waals surface area contributed by atoms with Gasteiger partial charge in [0.1, 0.15) is 0 Å². The maximum absolute atomic E-state index is 12.6. The van der Waals surface area contributed by atoms with Crippen molar-refractivity contribution in [3.63, 3.8) is 0 Å². The summed E-state index contributed by atoms with van der Waals surface area (Å²) in [4.78, 5) is 16.4. The summed E-state index contributed by atoms with van der Waals surface area (Å²) in [6.07, 6.45) is 2.26. The van der Waals surface area contributed by atoms with Gasteiger partial charge >= 0.3 is 0 Å². The van der Waals surface area contributed by atoms with Crippen LogP contribution in [0.5, 0.6) is 0 Å². The minimum atomic E-state index is -0.638. The van der Waals surface area contributed by atoms with E-state index in [0.717, 1.165) is 30.6 Å². The van der Waals surface area contributed by atoms with Gasteiger partial charge in [0.2, 0.25) is 0 Å². The third kappa shape index (κ3) is 3.51.